The number of nitro benzene ring substituents is 1. The van der Waals surface area contributed by atoms with Crippen LogP contribution in [-0.4, -0.2) is 48.2 Å². The summed E-state index contributed by atoms with van der Waals surface area (Å²) in [4.78, 5) is 30.9. The summed E-state index contributed by atoms with van der Waals surface area (Å²) >= 11 is 0. The van der Waals surface area contributed by atoms with E-state index in [4.69, 9.17) is 10.8 Å². The number of nitrogens with two attached hydrogens (primary N) is 1. The monoisotopic (exact) mass is 317 g/mol. The normalized spacial score (nSPS) is 11.3. The maximum atomic E-state index is 12.2. The Morgan fingerprint density at radius 2 is 2.00 bits per heavy atom. The highest BCUT2D eigenvalue weighted by molar-refractivity contribution is 7.89. The van der Waals surface area contributed by atoms with Crippen LogP contribution in [0.1, 0.15) is 10.4 Å². The van der Waals surface area contributed by atoms with E-state index in [2.05, 4.69) is 0 Å². The van der Waals surface area contributed by atoms with Crippen LogP contribution < -0.4 is 5.73 Å². The Hall–Kier alpha value is -2.53. The summed E-state index contributed by atoms with van der Waals surface area (Å²) in [6, 6.07) is 2.29. The Kier molecular flexibility index (Phi) is 4.60. The Morgan fingerprint density at radius 1 is 1.43 bits per heavy atom. The highest BCUT2D eigenvalue weighted by Crippen LogP contribution is 2.24. The number of carbonyl (C=O) groups is 2. The average Bonchev–Trinajstić information content (AvgIpc) is 2.36. The molecule has 1 aromatic rings. The van der Waals surface area contributed by atoms with Crippen LogP contribution in [0.15, 0.2) is 23.1 Å². The van der Waals surface area contributed by atoms with Gasteiger partial charge in [0.05, 0.1) is 21.9 Å². The van der Waals surface area contributed by atoms with E-state index in [1.165, 1.54) is 0 Å². The standard InChI is InChI=1S/C10H11N3O7S/c1-12(5-9(11)14)21(19,20)8-3-2-6(13(17)18)4-7(8)10(15)16/h2-4H,5H2,1H3,(H2,11,14)(H,15,16). The van der Waals surface area contributed by atoms with Gasteiger partial charge in [0.1, 0.15) is 0 Å². The number of nitro groups is 1. The lowest BCUT2D eigenvalue weighted by molar-refractivity contribution is -0.384. The number of non-ortho nitro benzene ring substituents is 1. The van der Waals surface area contributed by atoms with E-state index in [-0.39, 0.29) is 0 Å². The first-order valence-corrected chi connectivity index (χ1v) is 6.77. The van der Waals surface area contributed by atoms with Crippen molar-refractivity contribution in [1.82, 2.24) is 4.31 Å². The molecule has 0 fully saturated rings. The van der Waals surface area contributed by atoms with Crippen LogP contribution in [0, 0.1) is 10.1 Å². The molecule has 1 aromatic carbocycles. The van der Waals surface area contributed by atoms with E-state index in [1.807, 2.05) is 0 Å². The van der Waals surface area contributed by atoms with Crippen LogP contribution in [0.3, 0.4) is 0 Å². The molecule has 0 unspecified atom stereocenters. The summed E-state index contributed by atoms with van der Waals surface area (Å²) in [6.07, 6.45) is 0. The van der Waals surface area contributed by atoms with Crippen molar-refractivity contribution in [2.75, 3.05) is 13.6 Å². The van der Waals surface area contributed by atoms with Gasteiger partial charge in [0.2, 0.25) is 15.9 Å². The zero-order valence-electron chi connectivity index (χ0n) is 10.7. The van der Waals surface area contributed by atoms with Crippen molar-refractivity contribution >= 4 is 27.6 Å². The van der Waals surface area contributed by atoms with Gasteiger partial charge in [-0.1, -0.05) is 0 Å². The highest BCUT2D eigenvalue weighted by atomic mass is 32.2. The lowest BCUT2D eigenvalue weighted by Crippen LogP contribution is -2.36. The van der Waals surface area contributed by atoms with Crippen molar-refractivity contribution in [3.05, 3.63) is 33.9 Å². The van der Waals surface area contributed by atoms with E-state index >= 15 is 0 Å². The van der Waals surface area contributed by atoms with Gasteiger partial charge >= 0.3 is 5.97 Å². The Balaban J connectivity index is 3.45. The van der Waals surface area contributed by atoms with Crippen molar-refractivity contribution in [3.63, 3.8) is 0 Å². The van der Waals surface area contributed by atoms with Gasteiger partial charge in [-0.3, -0.25) is 14.9 Å². The molecule has 0 saturated carbocycles. The topological polar surface area (TPSA) is 161 Å². The quantitative estimate of drug-likeness (QED) is 0.522. The molecular weight excluding hydrogens is 306 g/mol. The fourth-order valence-corrected chi connectivity index (χ4v) is 2.79. The third kappa shape index (κ3) is 3.52. The maximum Gasteiger partial charge on any atom is 0.337 e. The molecule has 3 N–H and O–H groups in total. The predicted molar refractivity (Wildman–Crippen MR) is 69.1 cm³/mol. The van der Waals surface area contributed by atoms with Crippen LogP contribution in [-0.2, 0) is 14.8 Å². The largest absolute Gasteiger partial charge is 0.478 e. The predicted octanol–water partition coefficient (Wildman–Crippen LogP) is -0.601. The first kappa shape index (κ1) is 16.5. The van der Waals surface area contributed by atoms with Crippen molar-refractivity contribution in [2.45, 2.75) is 4.90 Å². The number of nitrogens with zero attached hydrogens (tertiary/aromatic N) is 2. The first-order valence-electron chi connectivity index (χ1n) is 5.33. The summed E-state index contributed by atoms with van der Waals surface area (Å²) in [7, 11) is -3.29. The number of carboxylic acids is 1. The van der Waals surface area contributed by atoms with Gasteiger partial charge in [0, 0.05) is 19.2 Å². The number of hydrogen-bond donors (Lipinski definition) is 2. The third-order valence-electron chi connectivity index (χ3n) is 2.47. The fourth-order valence-electron chi connectivity index (χ4n) is 1.50. The second-order valence-electron chi connectivity index (χ2n) is 3.97. The number of primary amides is 1. The summed E-state index contributed by atoms with van der Waals surface area (Å²) < 4.78 is 24.9. The van der Waals surface area contributed by atoms with Gasteiger partial charge in [0.15, 0.2) is 0 Å². The molecular formula is C10H11N3O7S. The number of rotatable bonds is 6. The first-order chi connectivity index (χ1) is 9.57. The molecule has 0 bridgehead atoms. The van der Waals surface area contributed by atoms with Crippen molar-refractivity contribution < 1.29 is 28.0 Å². The maximum absolute atomic E-state index is 12.2. The molecule has 0 aromatic heterocycles. The Morgan fingerprint density at radius 3 is 2.43 bits per heavy atom. The molecule has 21 heavy (non-hydrogen) atoms. The lowest BCUT2D eigenvalue weighted by Gasteiger charge is -2.16. The molecule has 114 valence electrons. The summed E-state index contributed by atoms with van der Waals surface area (Å²) in [5.74, 6) is -2.58. The second kappa shape index (κ2) is 5.85. The molecule has 11 heteroatoms. The summed E-state index contributed by atoms with van der Waals surface area (Å²) in [5, 5.41) is 19.6. The lowest BCUT2D eigenvalue weighted by atomic mass is 10.2. The molecule has 0 atom stereocenters. The molecule has 1 rings (SSSR count). The molecule has 0 aliphatic heterocycles. The highest BCUT2D eigenvalue weighted by Gasteiger charge is 2.29. The summed E-state index contributed by atoms with van der Waals surface area (Å²) in [5.41, 5.74) is 3.55. The van der Waals surface area contributed by atoms with Gasteiger partial charge in [0.25, 0.3) is 5.69 Å². The minimum atomic E-state index is -4.32. The molecule has 0 saturated heterocycles. The van der Waals surface area contributed by atoms with Crippen LogP contribution in [0.4, 0.5) is 5.69 Å². The van der Waals surface area contributed by atoms with Gasteiger partial charge in [-0.15, -0.1) is 0 Å². The Bertz CT molecular complexity index is 713. The molecule has 0 spiro atoms. The summed E-state index contributed by atoms with van der Waals surface area (Å²) in [6.45, 7) is -0.654. The number of hydrogen-bond acceptors (Lipinski definition) is 6. The molecule has 0 heterocycles. The van der Waals surface area contributed by atoms with Crippen LogP contribution in [0.5, 0.6) is 0 Å². The number of sulfonamides is 1. The van der Waals surface area contributed by atoms with Crippen molar-refractivity contribution in [1.29, 1.82) is 0 Å². The minimum absolute atomic E-state index is 0.558. The fraction of sp³-hybridized carbons (Fsp3) is 0.200. The number of carbonyl (C=O) groups excluding carboxylic acids is 1. The number of likely N-dealkylation sites (N-methyl/N-ethyl adjacent to an activating group) is 1. The molecule has 0 aliphatic carbocycles. The van der Waals surface area contributed by atoms with Crippen molar-refractivity contribution in [2.24, 2.45) is 5.73 Å². The van der Waals surface area contributed by atoms with E-state index < -0.39 is 49.5 Å². The van der Waals surface area contributed by atoms with Crippen LogP contribution in [0.25, 0.3) is 0 Å². The number of carboxylic acid groups (broad SMARTS) is 1. The molecule has 1 amide bonds. The number of aromatic carboxylic acids is 1. The van der Waals surface area contributed by atoms with E-state index in [0.717, 1.165) is 19.2 Å². The average molecular weight is 317 g/mol. The van der Waals surface area contributed by atoms with E-state index in [1.54, 1.807) is 0 Å². The zero-order chi connectivity index (χ0) is 16.4. The number of benzene rings is 1. The van der Waals surface area contributed by atoms with Gasteiger partial charge in [-0.05, 0) is 6.07 Å². The molecule has 0 radical (unpaired) electrons. The number of amides is 1. The van der Waals surface area contributed by atoms with Crippen molar-refractivity contribution in [3.8, 4) is 0 Å². The smallest absolute Gasteiger partial charge is 0.337 e. The zero-order valence-corrected chi connectivity index (χ0v) is 11.5. The SMILES string of the molecule is CN(CC(N)=O)S(=O)(=O)c1ccc([N+](=O)[O-])cc1C(=O)O. The minimum Gasteiger partial charge on any atom is -0.478 e. The third-order valence-corrected chi connectivity index (χ3v) is 4.33. The van der Waals surface area contributed by atoms with E-state index in [9.17, 15) is 28.1 Å². The second-order valence-corrected chi connectivity index (χ2v) is 5.98. The molecule has 0 aliphatic rings. The molecule has 10 nitrogen and oxygen atoms in total. The van der Waals surface area contributed by atoms with Gasteiger partial charge in [-0.2, -0.15) is 4.31 Å². The Labute approximate surface area is 119 Å². The van der Waals surface area contributed by atoms with Crippen LogP contribution >= 0.6 is 0 Å². The van der Waals surface area contributed by atoms with Crippen LogP contribution in [0.2, 0.25) is 0 Å². The van der Waals surface area contributed by atoms with Gasteiger partial charge in [-0.25, -0.2) is 13.2 Å². The van der Waals surface area contributed by atoms with Gasteiger partial charge < -0.3 is 10.8 Å². The van der Waals surface area contributed by atoms with E-state index in [0.29, 0.717) is 10.4 Å².